The van der Waals surface area contributed by atoms with Gasteiger partial charge in [0.05, 0.1) is 16.1 Å². The predicted molar refractivity (Wildman–Crippen MR) is 77.5 cm³/mol. The standard InChI is InChI=1S/C15H8F6N2O3/c16-14(17,18)10-6-5-8(7-11(10)15(19,20)21)22-13(24)9-3-1-2-4-12(9)23(25)26/h1-7H,(H,22,24). The van der Waals surface area contributed by atoms with Crippen molar-refractivity contribution >= 4 is 17.3 Å². The molecule has 5 nitrogen and oxygen atoms in total. The zero-order valence-electron chi connectivity index (χ0n) is 12.5. The number of nitrogens with zero attached hydrogens (tertiary/aromatic N) is 1. The summed E-state index contributed by atoms with van der Waals surface area (Å²) in [6.45, 7) is 0. The van der Waals surface area contributed by atoms with E-state index in [2.05, 4.69) is 0 Å². The molecule has 1 N–H and O–H groups in total. The number of nitro groups is 1. The van der Waals surface area contributed by atoms with Crippen molar-refractivity contribution in [1.29, 1.82) is 0 Å². The summed E-state index contributed by atoms with van der Waals surface area (Å²) in [5, 5.41) is 12.8. The molecule has 0 fully saturated rings. The van der Waals surface area contributed by atoms with Gasteiger partial charge < -0.3 is 5.32 Å². The van der Waals surface area contributed by atoms with Crippen LogP contribution in [0, 0.1) is 10.1 Å². The Morgan fingerprint density at radius 3 is 2.04 bits per heavy atom. The van der Waals surface area contributed by atoms with Crippen LogP contribution in [-0.4, -0.2) is 10.8 Å². The maximum atomic E-state index is 12.9. The molecule has 0 bridgehead atoms. The first-order chi connectivity index (χ1) is 11.9. The molecule has 0 aliphatic rings. The van der Waals surface area contributed by atoms with Gasteiger partial charge in [-0.05, 0) is 24.3 Å². The average Bonchev–Trinajstić information content (AvgIpc) is 2.52. The molecule has 0 saturated carbocycles. The number of hydrogen-bond acceptors (Lipinski definition) is 3. The fourth-order valence-corrected chi connectivity index (χ4v) is 2.13. The second-order valence-corrected chi connectivity index (χ2v) is 4.98. The fraction of sp³-hybridized carbons (Fsp3) is 0.133. The second kappa shape index (κ2) is 6.65. The number of hydrogen-bond donors (Lipinski definition) is 1. The largest absolute Gasteiger partial charge is 0.417 e. The number of para-hydroxylation sites is 1. The molecule has 0 saturated heterocycles. The predicted octanol–water partition coefficient (Wildman–Crippen LogP) is 4.88. The van der Waals surface area contributed by atoms with Crippen LogP contribution in [0.5, 0.6) is 0 Å². The van der Waals surface area contributed by atoms with Crippen molar-refractivity contribution in [2.75, 3.05) is 5.32 Å². The summed E-state index contributed by atoms with van der Waals surface area (Å²) >= 11 is 0. The Labute approximate surface area is 141 Å². The third-order valence-corrected chi connectivity index (χ3v) is 3.23. The lowest BCUT2D eigenvalue weighted by Gasteiger charge is -2.17. The van der Waals surface area contributed by atoms with E-state index in [-0.39, 0.29) is 12.1 Å². The van der Waals surface area contributed by atoms with Crippen LogP contribution >= 0.6 is 0 Å². The third-order valence-electron chi connectivity index (χ3n) is 3.23. The molecule has 0 heterocycles. The normalized spacial score (nSPS) is 11.9. The van der Waals surface area contributed by atoms with E-state index in [1.807, 2.05) is 5.32 Å². The summed E-state index contributed by atoms with van der Waals surface area (Å²) in [5.74, 6) is -1.13. The van der Waals surface area contributed by atoms with E-state index >= 15 is 0 Å². The number of amides is 1. The van der Waals surface area contributed by atoms with E-state index < -0.39 is 51.2 Å². The maximum Gasteiger partial charge on any atom is 0.417 e. The topological polar surface area (TPSA) is 72.2 Å². The highest BCUT2D eigenvalue weighted by Crippen LogP contribution is 2.41. The molecule has 1 amide bonds. The quantitative estimate of drug-likeness (QED) is 0.470. The van der Waals surface area contributed by atoms with E-state index in [4.69, 9.17) is 0 Å². The Hall–Kier alpha value is -3.11. The minimum atomic E-state index is -5.32. The number of carbonyl (C=O) groups is 1. The fourth-order valence-electron chi connectivity index (χ4n) is 2.13. The Bertz CT molecular complexity index is 861. The molecule has 0 radical (unpaired) electrons. The molecule has 0 unspecified atom stereocenters. The minimum Gasteiger partial charge on any atom is -0.322 e. The molecule has 0 aliphatic heterocycles. The van der Waals surface area contributed by atoms with Gasteiger partial charge in [-0.25, -0.2) is 0 Å². The molecule has 26 heavy (non-hydrogen) atoms. The van der Waals surface area contributed by atoms with Crippen molar-refractivity contribution in [3.05, 3.63) is 69.3 Å². The third kappa shape index (κ3) is 4.10. The molecule has 2 aromatic rings. The molecule has 138 valence electrons. The summed E-state index contributed by atoms with van der Waals surface area (Å²) < 4.78 is 76.8. The van der Waals surface area contributed by atoms with Gasteiger partial charge in [-0.15, -0.1) is 0 Å². The molecule has 2 aromatic carbocycles. The van der Waals surface area contributed by atoms with E-state index in [0.717, 1.165) is 12.1 Å². The van der Waals surface area contributed by atoms with Gasteiger partial charge in [-0.1, -0.05) is 12.1 Å². The smallest absolute Gasteiger partial charge is 0.322 e. The first-order valence-electron chi connectivity index (χ1n) is 6.74. The first kappa shape index (κ1) is 19.2. The van der Waals surface area contributed by atoms with Crippen molar-refractivity contribution < 1.29 is 36.1 Å². The summed E-state index contributed by atoms with van der Waals surface area (Å²) in [4.78, 5) is 22.1. The molecule has 2 rings (SSSR count). The number of nitro benzene ring substituents is 1. The zero-order valence-corrected chi connectivity index (χ0v) is 12.5. The Balaban J connectivity index is 2.42. The highest BCUT2D eigenvalue weighted by Gasteiger charge is 2.43. The van der Waals surface area contributed by atoms with Crippen LogP contribution in [0.2, 0.25) is 0 Å². The van der Waals surface area contributed by atoms with Crippen molar-refractivity contribution in [3.8, 4) is 0 Å². The Kier molecular flexibility index (Phi) is 4.92. The van der Waals surface area contributed by atoms with Crippen LogP contribution in [0.4, 0.5) is 37.7 Å². The van der Waals surface area contributed by atoms with Crippen LogP contribution in [-0.2, 0) is 12.4 Å². The summed E-state index contributed by atoms with van der Waals surface area (Å²) in [5.41, 5.74) is -5.54. The second-order valence-electron chi connectivity index (χ2n) is 4.98. The summed E-state index contributed by atoms with van der Waals surface area (Å²) in [6, 6.07) is 5.55. The van der Waals surface area contributed by atoms with Gasteiger partial charge in [0.25, 0.3) is 11.6 Å². The lowest BCUT2D eigenvalue weighted by Crippen LogP contribution is -2.18. The molecule has 11 heteroatoms. The van der Waals surface area contributed by atoms with Crippen LogP contribution in [0.3, 0.4) is 0 Å². The molecule has 0 spiro atoms. The number of nitrogens with one attached hydrogen (secondary N) is 1. The summed E-state index contributed by atoms with van der Waals surface area (Å²) in [7, 11) is 0. The number of anilines is 1. The number of halogens is 6. The lowest BCUT2D eigenvalue weighted by molar-refractivity contribution is -0.385. The first-order valence-corrected chi connectivity index (χ1v) is 6.74. The van der Waals surface area contributed by atoms with Gasteiger partial charge in [0.15, 0.2) is 0 Å². The maximum absolute atomic E-state index is 12.9. The van der Waals surface area contributed by atoms with Gasteiger partial charge in [0.2, 0.25) is 0 Å². The van der Waals surface area contributed by atoms with Crippen LogP contribution in [0.15, 0.2) is 42.5 Å². The van der Waals surface area contributed by atoms with Crippen molar-refractivity contribution in [1.82, 2.24) is 0 Å². The number of carbonyl (C=O) groups excluding carboxylic acids is 1. The Morgan fingerprint density at radius 1 is 0.923 bits per heavy atom. The number of alkyl halides is 6. The van der Waals surface area contributed by atoms with Gasteiger partial charge >= 0.3 is 12.4 Å². The van der Waals surface area contributed by atoms with Crippen LogP contribution in [0.1, 0.15) is 21.5 Å². The molecular weight excluding hydrogens is 370 g/mol. The van der Waals surface area contributed by atoms with Gasteiger partial charge in [0, 0.05) is 11.8 Å². The lowest BCUT2D eigenvalue weighted by atomic mass is 10.1. The number of rotatable bonds is 3. The highest BCUT2D eigenvalue weighted by atomic mass is 19.4. The summed E-state index contributed by atoms with van der Waals surface area (Å²) in [6.07, 6.45) is -10.6. The van der Waals surface area contributed by atoms with Crippen molar-refractivity contribution in [2.45, 2.75) is 12.4 Å². The number of benzene rings is 2. The monoisotopic (exact) mass is 378 g/mol. The van der Waals surface area contributed by atoms with E-state index in [9.17, 15) is 41.3 Å². The Morgan fingerprint density at radius 2 is 1.50 bits per heavy atom. The molecule has 0 aromatic heterocycles. The van der Waals surface area contributed by atoms with E-state index in [0.29, 0.717) is 6.07 Å². The average molecular weight is 378 g/mol. The van der Waals surface area contributed by atoms with E-state index in [1.165, 1.54) is 12.1 Å². The molecule has 0 atom stereocenters. The van der Waals surface area contributed by atoms with Crippen molar-refractivity contribution in [3.63, 3.8) is 0 Å². The van der Waals surface area contributed by atoms with Gasteiger partial charge in [-0.2, -0.15) is 26.3 Å². The van der Waals surface area contributed by atoms with E-state index in [1.54, 1.807) is 0 Å². The molecular formula is C15H8F6N2O3. The SMILES string of the molecule is O=C(Nc1ccc(C(F)(F)F)c(C(F)(F)F)c1)c1ccccc1[N+](=O)[O-]. The van der Waals surface area contributed by atoms with Gasteiger partial charge in [-0.3, -0.25) is 14.9 Å². The van der Waals surface area contributed by atoms with Crippen LogP contribution < -0.4 is 5.32 Å². The highest BCUT2D eigenvalue weighted by molar-refractivity contribution is 6.07. The van der Waals surface area contributed by atoms with Gasteiger partial charge in [0.1, 0.15) is 5.56 Å². The molecule has 0 aliphatic carbocycles. The van der Waals surface area contributed by atoms with Crippen molar-refractivity contribution in [2.24, 2.45) is 0 Å². The minimum absolute atomic E-state index is 0.121. The zero-order chi connectivity index (χ0) is 19.7. The van der Waals surface area contributed by atoms with Crippen LogP contribution in [0.25, 0.3) is 0 Å².